The van der Waals surface area contributed by atoms with Crippen LogP contribution in [0.25, 0.3) is 11.0 Å². The molecule has 1 unspecified atom stereocenters. The normalized spacial score (nSPS) is 15.5. The van der Waals surface area contributed by atoms with E-state index < -0.39 is 29.5 Å². The van der Waals surface area contributed by atoms with Crippen LogP contribution in [0.4, 0.5) is 5.69 Å². The Hall–Kier alpha value is -4.43. The fourth-order valence-electron chi connectivity index (χ4n) is 4.28. The van der Waals surface area contributed by atoms with Crippen molar-refractivity contribution in [2.45, 2.75) is 19.4 Å². The summed E-state index contributed by atoms with van der Waals surface area (Å²) in [5, 5.41) is 12.0. The number of ketones is 1. The molecule has 0 saturated carbocycles. The maximum Gasteiger partial charge on any atom is 0.338 e. The third-order valence-electron chi connectivity index (χ3n) is 5.95. The van der Waals surface area contributed by atoms with Gasteiger partial charge in [0, 0.05) is 28.5 Å². The molecule has 1 aliphatic heterocycles. The fourth-order valence-corrected chi connectivity index (χ4v) is 4.46. The summed E-state index contributed by atoms with van der Waals surface area (Å²) in [5.41, 5.74) is 1.29. The number of esters is 1. The maximum atomic E-state index is 13.7. The van der Waals surface area contributed by atoms with Gasteiger partial charge in [0.2, 0.25) is 5.78 Å². The highest BCUT2D eigenvalue weighted by Crippen LogP contribution is 2.42. The Morgan fingerprint density at radius 1 is 1.14 bits per heavy atom. The van der Waals surface area contributed by atoms with Crippen LogP contribution in [0.15, 0.2) is 88.8 Å². The molecule has 0 spiro atoms. The zero-order valence-corrected chi connectivity index (χ0v) is 20.4. The van der Waals surface area contributed by atoms with E-state index in [2.05, 4.69) is 4.98 Å². The molecule has 4 aromatic rings. The number of aliphatic hydroxyl groups excluding tert-OH is 1. The molecule has 186 valence electrons. The number of aliphatic hydroxyl groups is 1. The van der Waals surface area contributed by atoms with Crippen molar-refractivity contribution >= 4 is 45.9 Å². The summed E-state index contributed by atoms with van der Waals surface area (Å²) in [6, 6.07) is 15.1. The monoisotopic (exact) mass is 516 g/mol. The van der Waals surface area contributed by atoms with E-state index in [1.165, 1.54) is 23.2 Å². The van der Waals surface area contributed by atoms with Crippen LogP contribution in [-0.4, -0.2) is 34.4 Å². The van der Waals surface area contributed by atoms with Crippen molar-refractivity contribution in [2.24, 2.45) is 0 Å². The van der Waals surface area contributed by atoms with Crippen molar-refractivity contribution in [1.29, 1.82) is 0 Å². The number of rotatable bonds is 7. The minimum atomic E-state index is -1.02. The Labute approximate surface area is 216 Å². The molecule has 1 aliphatic rings. The lowest BCUT2D eigenvalue weighted by Gasteiger charge is -2.26. The van der Waals surface area contributed by atoms with Crippen molar-refractivity contribution < 1.29 is 28.6 Å². The van der Waals surface area contributed by atoms with Gasteiger partial charge in [-0.1, -0.05) is 30.7 Å². The second-order valence-electron chi connectivity index (χ2n) is 8.43. The molecule has 37 heavy (non-hydrogen) atoms. The number of aromatic nitrogens is 1. The van der Waals surface area contributed by atoms with Crippen LogP contribution in [-0.2, 0) is 9.53 Å². The SMILES string of the molecule is CCCOC(=O)c1cccc(N2C(=O)C(O)=C(C(=O)c3cc4cc(Cl)ccc4o3)C2c2cccnc2)c1. The first-order valence-corrected chi connectivity index (χ1v) is 11.9. The zero-order valence-electron chi connectivity index (χ0n) is 19.7. The molecule has 5 rings (SSSR count). The number of benzene rings is 2. The highest BCUT2D eigenvalue weighted by Gasteiger charge is 2.45. The summed E-state index contributed by atoms with van der Waals surface area (Å²) in [7, 11) is 0. The topological polar surface area (TPSA) is 110 Å². The zero-order chi connectivity index (χ0) is 26.1. The highest BCUT2D eigenvalue weighted by molar-refractivity contribution is 6.31. The van der Waals surface area contributed by atoms with E-state index in [4.69, 9.17) is 20.8 Å². The average Bonchev–Trinajstić information content (AvgIpc) is 3.45. The van der Waals surface area contributed by atoms with Gasteiger partial charge in [0.1, 0.15) is 5.58 Å². The largest absolute Gasteiger partial charge is 0.503 e. The van der Waals surface area contributed by atoms with Crippen LogP contribution in [0.1, 0.15) is 45.9 Å². The lowest BCUT2D eigenvalue weighted by atomic mass is 9.95. The van der Waals surface area contributed by atoms with Gasteiger partial charge in [0.25, 0.3) is 5.91 Å². The van der Waals surface area contributed by atoms with Gasteiger partial charge >= 0.3 is 5.97 Å². The van der Waals surface area contributed by atoms with Gasteiger partial charge in [0.15, 0.2) is 11.5 Å². The van der Waals surface area contributed by atoms with Crippen LogP contribution in [0.3, 0.4) is 0 Å². The lowest BCUT2D eigenvalue weighted by Crippen LogP contribution is -2.31. The van der Waals surface area contributed by atoms with E-state index in [1.807, 2.05) is 6.92 Å². The van der Waals surface area contributed by atoms with Crippen LogP contribution >= 0.6 is 11.6 Å². The Bertz CT molecular complexity index is 1560. The van der Waals surface area contributed by atoms with Gasteiger partial charge in [-0.2, -0.15) is 0 Å². The molecule has 1 N–H and O–H groups in total. The van der Waals surface area contributed by atoms with Crippen molar-refractivity contribution in [3.05, 3.63) is 106 Å². The van der Waals surface area contributed by atoms with Crippen molar-refractivity contribution in [2.75, 3.05) is 11.5 Å². The Balaban J connectivity index is 1.59. The molecule has 0 saturated heterocycles. The van der Waals surface area contributed by atoms with E-state index in [-0.39, 0.29) is 23.5 Å². The van der Waals surface area contributed by atoms with E-state index in [1.54, 1.807) is 54.7 Å². The van der Waals surface area contributed by atoms with Crippen LogP contribution in [0, 0.1) is 0 Å². The standard InChI is InChI=1S/C28H21ClN2O6/c1-2-11-36-28(35)16-5-3-7-20(13-16)31-24(17-6-4-10-30-15-17)23(26(33)27(31)34)25(32)22-14-18-12-19(29)8-9-21(18)37-22/h3-10,12-15,24,33H,2,11H2,1H3. The highest BCUT2D eigenvalue weighted by atomic mass is 35.5. The van der Waals surface area contributed by atoms with E-state index in [0.29, 0.717) is 33.7 Å². The number of carbonyl (C=O) groups excluding carboxylic acids is 3. The number of nitrogens with zero attached hydrogens (tertiary/aromatic N) is 2. The number of halogens is 1. The molecule has 8 nitrogen and oxygen atoms in total. The first-order chi connectivity index (χ1) is 17.9. The number of hydrogen-bond donors (Lipinski definition) is 1. The van der Waals surface area contributed by atoms with E-state index >= 15 is 0 Å². The molecule has 3 heterocycles. The van der Waals surface area contributed by atoms with Crippen molar-refractivity contribution in [1.82, 2.24) is 4.98 Å². The predicted octanol–water partition coefficient (Wildman–Crippen LogP) is 5.83. The third-order valence-corrected chi connectivity index (χ3v) is 6.19. The average molecular weight is 517 g/mol. The Morgan fingerprint density at radius 2 is 1.97 bits per heavy atom. The quantitative estimate of drug-likeness (QED) is 0.243. The molecule has 0 aliphatic carbocycles. The predicted molar refractivity (Wildman–Crippen MR) is 137 cm³/mol. The molecular weight excluding hydrogens is 496 g/mol. The van der Waals surface area contributed by atoms with Crippen molar-refractivity contribution in [3.63, 3.8) is 0 Å². The fraction of sp³-hybridized carbons (Fsp3) is 0.143. The Kier molecular flexibility index (Phi) is 6.50. The molecular formula is C28H21ClN2O6. The minimum Gasteiger partial charge on any atom is -0.503 e. The van der Waals surface area contributed by atoms with Crippen LogP contribution in [0.5, 0.6) is 0 Å². The third kappa shape index (κ3) is 4.47. The number of ether oxygens (including phenoxy) is 1. The summed E-state index contributed by atoms with van der Waals surface area (Å²) in [6.07, 6.45) is 3.73. The molecule has 0 bridgehead atoms. The van der Waals surface area contributed by atoms with E-state index in [0.717, 1.165) is 0 Å². The van der Waals surface area contributed by atoms with Gasteiger partial charge in [-0.05, 0) is 60.5 Å². The molecule has 1 amide bonds. The number of furan rings is 1. The molecule has 1 atom stereocenters. The molecule has 9 heteroatoms. The number of carbonyl (C=O) groups is 3. The smallest absolute Gasteiger partial charge is 0.338 e. The van der Waals surface area contributed by atoms with Crippen LogP contribution in [0.2, 0.25) is 5.02 Å². The first-order valence-electron chi connectivity index (χ1n) is 11.6. The number of anilines is 1. The van der Waals surface area contributed by atoms with Crippen molar-refractivity contribution in [3.8, 4) is 0 Å². The van der Waals surface area contributed by atoms with Gasteiger partial charge in [-0.3, -0.25) is 19.5 Å². The summed E-state index contributed by atoms with van der Waals surface area (Å²) in [4.78, 5) is 44.9. The summed E-state index contributed by atoms with van der Waals surface area (Å²) < 4.78 is 11.0. The number of hydrogen-bond acceptors (Lipinski definition) is 7. The summed E-state index contributed by atoms with van der Waals surface area (Å²) in [6.45, 7) is 2.14. The van der Waals surface area contributed by atoms with Gasteiger partial charge in [-0.15, -0.1) is 0 Å². The van der Waals surface area contributed by atoms with Gasteiger partial charge in [-0.25, -0.2) is 4.79 Å². The number of Topliss-reactive ketones (excluding diaryl/α,β-unsaturated/α-hetero) is 1. The molecule has 2 aromatic heterocycles. The first kappa shape index (κ1) is 24.3. The minimum absolute atomic E-state index is 0.0562. The summed E-state index contributed by atoms with van der Waals surface area (Å²) in [5.74, 6) is -2.76. The number of pyridine rings is 1. The van der Waals surface area contributed by atoms with E-state index in [9.17, 15) is 19.5 Å². The van der Waals surface area contributed by atoms with Gasteiger partial charge < -0.3 is 14.3 Å². The molecule has 0 radical (unpaired) electrons. The number of fused-ring (bicyclic) bond motifs is 1. The van der Waals surface area contributed by atoms with Gasteiger partial charge in [0.05, 0.1) is 23.8 Å². The molecule has 0 fully saturated rings. The summed E-state index contributed by atoms with van der Waals surface area (Å²) >= 11 is 6.06. The molecule has 2 aromatic carbocycles. The Morgan fingerprint density at radius 3 is 2.73 bits per heavy atom. The lowest BCUT2D eigenvalue weighted by molar-refractivity contribution is -0.117. The second-order valence-corrected chi connectivity index (χ2v) is 8.87. The maximum absolute atomic E-state index is 13.7. The second kappa shape index (κ2) is 9.91. The number of amides is 1. The van der Waals surface area contributed by atoms with Crippen LogP contribution < -0.4 is 4.90 Å².